The predicted molar refractivity (Wildman–Crippen MR) is 73.5 cm³/mol. The van der Waals surface area contributed by atoms with Gasteiger partial charge in [0.15, 0.2) is 4.80 Å². The van der Waals surface area contributed by atoms with Crippen molar-refractivity contribution in [2.75, 3.05) is 0 Å². The van der Waals surface area contributed by atoms with Crippen LogP contribution in [0.25, 0.3) is 0 Å². The topological polar surface area (TPSA) is 41.1 Å². The van der Waals surface area contributed by atoms with Crippen molar-refractivity contribution in [3.63, 3.8) is 0 Å². The van der Waals surface area contributed by atoms with Crippen LogP contribution < -0.4 is 4.80 Å². The lowest BCUT2D eigenvalue weighted by molar-refractivity contribution is 0.514. The van der Waals surface area contributed by atoms with Gasteiger partial charge in [-0.1, -0.05) is 13.8 Å². The fraction of sp³-hybridized carbons (Fsp3) is 0.286. The van der Waals surface area contributed by atoms with Gasteiger partial charge in [0.05, 0.1) is 17.3 Å². The maximum Gasteiger partial charge on any atom is 0.189 e. The minimum Gasteiger partial charge on any atom is -0.323 e. The van der Waals surface area contributed by atoms with E-state index in [1.807, 2.05) is 17.5 Å². The molecule has 1 aromatic heterocycles. The monoisotopic (exact) mass is 257 g/mol. The highest BCUT2D eigenvalue weighted by atomic mass is 32.1. The van der Waals surface area contributed by atoms with E-state index in [2.05, 4.69) is 35.7 Å². The highest BCUT2D eigenvalue weighted by Crippen LogP contribution is 2.12. The Morgan fingerprint density at radius 2 is 2.06 bits per heavy atom. The summed E-state index contributed by atoms with van der Waals surface area (Å²) in [4.78, 5) is 5.60. The van der Waals surface area contributed by atoms with Gasteiger partial charge in [-0.25, -0.2) is 4.99 Å². The quantitative estimate of drug-likeness (QED) is 0.831. The van der Waals surface area contributed by atoms with Gasteiger partial charge in [0.1, 0.15) is 0 Å². The SMILES string of the molecule is CC(C)Cn1ccsc1=Nc1ccc(C#N)cc1. The molecule has 92 valence electrons. The molecule has 1 heterocycles. The van der Waals surface area contributed by atoms with E-state index in [9.17, 15) is 0 Å². The summed E-state index contributed by atoms with van der Waals surface area (Å²) >= 11 is 1.63. The zero-order chi connectivity index (χ0) is 13.0. The smallest absolute Gasteiger partial charge is 0.189 e. The Bertz CT molecular complexity index is 611. The highest BCUT2D eigenvalue weighted by Gasteiger charge is 1.99. The van der Waals surface area contributed by atoms with Crippen molar-refractivity contribution >= 4 is 17.0 Å². The second-order valence-corrected chi connectivity index (χ2v) is 5.38. The Morgan fingerprint density at radius 1 is 1.33 bits per heavy atom. The van der Waals surface area contributed by atoms with Gasteiger partial charge in [0, 0.05) is 18.1 Å². The van der Waals surface area contributed by atoms with E-state index in [-0.39, 0.29) is 0 Å². The lowest BCUT2D eigenvalue weighted by Gasteiger charge is -2.05. The maximum absolute atomic E-state index is 8.75. The lowest BCUT2D eigenvalue weighted by Crippen LogP contribution is -2.16. The second-order valence-electron chi connectivity index (χ2n) is 4.50. The maximum atomic E-state index is 8.75. The van der Waals surface area contributed by atoms with Crippen LogP contribution in [-0.4, -0.2) is 4.57 Å². The third-order valence-corrected chi connectivity index (χ3v) is 3.24. The molecule has 0 aliphatic rings. The Kier molecular flexibility index (Phi) is 3.96. The minimum atomic E-state index is 0.597. The zero-order valence-electron chi connectivity index (χ0n) is 10.5. The molecule has 1 aromatic carbocycles. The number of rotatable bonds is 3. The molecule has 0 aliphatic heterocycles. The molecule has 4 heteroatoms. The van der Waals surface area contributed by atoms with Crippen LogP contribution in [-0.2, 0) is 6.54 Å². The molecule has 0 saturated heterocycles. The minimum absolute atomic E-state index is 0.597. The molecular weight excluding hydrogens is 242 g/mol. The number of thiazole rings is 1. The van der Waals surface area contributed by atoms with Crippen molar-refractivity contribution in [1.29, 1.82) is 5.26 Å². The Morgan fingerprint density at radius 3 is 2.67 bits per heavy atom. The van der Waals surface area contributed by atoms with Gasteiger partial charge >= 0.3 is 0 Å². The number of nitriles is 1. The van der Waals surface area contributed by atoms with Crippen LogP contribution in [0.15, 0.2) is 40.8 Å². The lowest BCUT2D eigenvalue weighted by atomic mass is 10.2. The van der Waals surface area contributed by atoms with Gasteiger partial charge in [0.2, 0.25) is 0 Å². The van der Waals surface area contributed by atoms with Crippen molar-refractivity contribution in [2.45, 2.75) is 20.4 Å². The molecule has 0 N–H and O–H groups in total. The molecule has 0 aliphatic carbocycles. The van der Waals surface area contributed by atoms with Crippen molar-refractivity contribution < 1.29 is 0 Å². The highest BCUT2D eigenvalue weighted by molar-refractivity contribution is 7.07. The molecule has 0 amide bonds. The van der Waals surface area contributed by atoms with Gasteiger partial charge in [-0.05, 0) is 30.2 Å². The second kappa shape index (κ2) is 5.65. The van der Waals surface area contributed by atoms with E-state index in [1.165, 1.54) is 0 Å². The summed E-state index contributed by atoms with van der Waals surface area (Å²) < 4.78 is 2.16. The van der Waals surface area contributed by atoms with Crippen LogP contribution in [0.4, 0.5) is 5.69 Å². The van der Waals surface area contributed by atoms with Crippen molar-refractivity contribution in [2.24, 2.45) is 10.9 Å². The Hall–Kier alpha value is -1.86. The van der Waals surface area contributed by atoms with E-state index in [4.69, 9.17) is 5.26 Å². The van der Waals surface area contributed by atoms with Gasteiger partial charge in [-0.15, -0.1) is 11.3 Å². The van der Waals surface area contributed by atoms with Crippen LogP contribution >= 0.6 is 11.3 Å². The molecule has 3 nitrogen and oxygen atoms in total. The molecule has 2 aromatic rings. The van der Waals surface area contributed by atoms with Gasteiger partial charge < -0.3 is 4.57 Å². The number of aromatic nitrogens is 1. The molecule has 0 atom stereocenters. The average Bonchev–Trinajstić information content (AvgIpc) is 2.77. The van der Waals surface area contributed by atoms with Crippen LogP contribution in [0.5, 0.6) is 0 Å². The normalized spacial score (nSPS) is 11.8. The molecular formula is C14H15N3S. The summed E-state index contributed by atoms with van der Waals surface area (Å²) in [5.41, 5.74) is 1.55. The third kappa shape index (κ3) is 3.08. The number of hydrogen-bond donors (Lipinski definition) is 0. The van der Waals surface area contributed by atoms with E-state index in [0.29, 0.717) is 11.5 Å². The molecule has 0 bridgehead atoms. The van der Waals surface area contributed by atoms with Crippen LogP contribution in [0, 0.1) is 17.2 Å². The third-order valence-electron chi connectivity index (χ3n) is 2.44. The summed E-state index contributed by atoms with van der Waals surface area (Å²) in [6, 6.07) is 9.43. The zero-order valence-corrected chi connectivity index (χ0v) is 11.3. The standard InChI is InChI=1S/C14H15N3S/c1-11(2)10-17-7-8-18-14(17)16-13-5-3-12(9-15)4-6-13/h3-8,11H,10H2,1-2H3. The van der Waals surface area contributed by atoms with E-state index in [0.717, 1.165) is 17.0 Å². The van der Waals surface area contributed by atoms with E-state index in [1.54, 1.807) is 23.5 Å². The summed E-state index contributed by atoms with van der Waals surface area (Å²) in [6.07, 6.45) is 2.06. The van der Waals surface area contributed by atoms with Crippen molar-refractivity contribution in [3.05, 3.63) is 46.2 Å². The number of benzene rings is 1. The first-order valence-electron chi connectivity index (χ1n) is 5.88. The van der Waals surface area contributed by atoms with Gasteiger partial charge in [-0.2, -0.15) is 5.26 Å². The van der Waals surface area contributed by atoms with E-state index < -0.39 is 0 Å². The fourth-order valence-corrected chi connectivity index (χ4v) is 2.40. The fourth-order valence-electron chi connectivity index (χ4n) is 1.64. The Labute approximate surface area is 111 Å². The van der Waals surface area contributed by atoms with Crippen LogP contribution in [0.1, 0.15) is 19.4 Å². The van der Waals surface area contributed by atoms with Crippen molar-refractivity contribution in [3.8, 4) is 6.07 Å². The first-order chi connectivity index (χ1) is 8.69. The molecule has 0 unspecified atom stereocenters. The molecule has 0 saturated carbocycles. The first kappa shape index (κ1) is 12.6. The molecule has 0 fully saturated rings. The van der Waals surface area contributed by atoms with Gasteiger partial charge in [0.25, 0.3) is 0 Å². The summed E-state index contributed by atoms with van der Waals surface area (Å²) in [7, 11) is 0. The van der Waals surface area contributed by atoms with E-state index >= 15 is 0 Å². The van der Waals surface area contributed by atoms with Crippen LogP contribution in [0.2, 0.25) is 0 Å². The average molecular weight is 257 g/mol. The van der Waals surface area contributed by atoms with Gasteiger partial charge in [-0.3, -0.25) is 0 Å². The number of hydrogen-bond acceptors (Lipinski definition) is 3. The largest absolute Gasteiger partial charge is 0.323 e. The number of nitrogens with zero attached hydrogens (tertiary/aromatic N) is 3. The molecule has 2 rings (SSSR count). The summed E-state index contributed by atoms with van der Waals surface area (Å²) in [5, 5.41) is 10.8. The summed E-state index contributed by atoms with van der Waals surface area (Å²) in [5.74, 6) is 0.597. The van der Waals surface area contributed by atoms with Crippen molar-refractivity contribution in [1.82, 2.24) is 4.57 Å². The predicted octanol–water partition coefficient (Wildman–Crippen LogP) is 3.31. The molecule has 0 radical (unpaired) electrons. The summed E-state index contributed by atoms with van der Waals surface area (Å²) in [6.45, 7) is 5.35. The Balaban J connectivity index is 2.32. The van der Waals surface area contributed by atoms with Crippen LogP contribution in [0.3, 0.4) is 0 Å². The first-order valence-corrected chi connectivity index (χ1v) is 6.76. The molecule has 18 heavy (non-hydrogen) atoms. The molecule has 0 spiro atoms.